The van der Waals surface area contributed by atoms with Gasteiger partial charge in [-0.1, -0.05) is 31.2 Å². The quantitative estimate of drug-likeness (QED) is 0.819. The Hall–Kier alpha value is -2.82. The maximum atomic E-state index is 12.7. The molecule has 0 aromatic heterocycles. The Labute approximate surface area is 166 Å². The summed E-state index contributed by atoms with van der Waals surface area (Å²) in [6.45, 7) is 5.76. The van der Waals surface area contributed by atoms with E-state index in [0.29, 0.717) is 49.5 Å². The summed E-state index contributed by atoms with van der Waals surface area (Å²) >= 11 is 0. The van der Waals surface area contributed by atoms with E-state index in [1.54, 1.807) is 0 Å². The molecule has 0 bridgehead atoms. The third-order valence-electron chi connectivity index (χ3n) is 5.21. The number of likely N-dealkylation sites (tertiary alicyclic amines) is 1. The summed E-state index contributed by atoms with van der Waals surface area (Å²) in [4.78, 5) is 27.2. The van der Waals surface area contributed by atoms with Gasteiger partial charge in [0.2, 0.25) is 5.91 Å². The van der Waals surface area contributed by atoms with Crippen LogP contribution in [0, 0.1) is 5.92 Å². The summed E-state index contributed by atoms with van der Waals surface area (Å²) in [5.74, 6) is 0.623. The third kappa shape index (κ3) is 4.71. The summed E-state index contributed by atoms with van der Waals surface area (Å²) in [6, 6.07) is 15.3. The summed E-state index contributed by atoms with van der Waals surface area (Å²) in [6.07, 6.45) is 2.30. The molecule has 1 aliphatic heterocycles. The second-order valence-corrected chi connectivity index (χ2v) is 7.04. The molecule has 1 N–H and O–H groups in total. The minimum atomic E-state index is -0.0961. The molecule has 148 valence electrons. The molecule has 3 rings (SSSR count). The first-order chi connectivity index (χ1) is 13.6. The van der Waals surface area contributed by atoms with E-state index >= 15 is 0 Å². The molecule has 5 nitrogen and oxygen atoms in total. The van der Waals surface area contributed by atoms with Crippen molar-refractivity contribution in [2.45, 2.75) is 33.1 Å². The Bertz CT molecular complexity index is 809. The lowest BCUT2D eigenvalue weighted by Crippen LogP contribution is -2.41. The van der Waals surface area contributed by atoms with Gasteiger partial charge in [0.05, 0.1) is 12.3 Å². The van der Waals surface area contributed by atoms with Gasteiger partial charge in [0.1, 0.15) is 5.75 Å². The van der Waals surface area contributed by atoms with Gasteiger partial charge in [-0.3, -0.25) is 9.59 Å². The standard InChI is InChI=1S/C23H28N2O3/c1-3-17-9-11-19(12-10-17)23(27)25-15-13-18(14-16-25)22(26)24-20-7-5-6-8-21(20)28-4-2/h5-12,18H,3-4,13-16H2,1-2H3,(H,24,26). The van der Waals surface area contributed by atoms with Gasteiger partial charge < -0.3 is 15.0 Å². The van der Waals surface area contributed by atoms with E-state index in [9.17, 15) is 9.59 Å². The third-order valence-corrected chi connectivity index (χ3v) is 5.21. The molecule has 2 aromatic rings. The first kappa shape index (κ1) is 19.9. The van der Waals surface area contributed by atoms with E-state index in [-0.39, 0.29) is 17.7 Å². The van der Waals surface area contributed by atoms with Crippen LogP contribution in [0.5, 0.6) is 5.75 Å². The molecule has 0 aliphatic carbocycles. The average molecular weight is 380 g/mol. The molecule has 0 radical (unpaired) electrons. The van der Waals surface area contributed by atoms with E-state index < -0.39 is 0 Å². The maximum absolute atomic E-state index is 12.7. The Morgan fingerprint density at radius 2 is 1.71 bits per heavy atom. The number of nitrogens with zero attached hydrogens (tertiary/aromatic N) is 1. The van der Waals surface area contributed by atoms with Crippen LogP contribution < -0.4 is 10.1 Å². The van der Waals surface area contributed by atoms with Crippen LogP contribution in [0.15, 0.2) is 48.5 Å². The largest absolute Gasteiger partial charge is 0.492 e. The van der Waals surface area contributed by atoms with Gasteiger partial charge in [0.25, 0.3) is 5.91 Å². The van der Waals surface area contributed by atoms with Gasteiger partial charge in [-0.05, 0) is 56.0 Å². The Morgan fingerprint density at radius 3 is 2.36 bits per heavy atom. The predicted octanol–water partition coefficient (Wildman–Crippen LogP) is 4.14. The molecule has 1 aliphatic rings. The zero-order valence-electron chi connectivity index (χ0n) is 16.6. The van der Waals surface area contributed by atoms with E-state index in [1.165, 1.54) is 5.56 Å². The van der Waals surface area contributed by atoms with Crippen LogP contribution in [0.2, 0.25) is 0 Å². The van der Waals surface area contributed by atoms with E-state index in [1.807, 2.05) is 60.4 Å². The number of piperidine rings is 1. The predicted molar refractivity (Wildman–Crippen MR) is 111 cm³/mol. The van der Waals surface area contributed by atoms with Crippen LogP contribution in [0.3, 0.4) is 0 Å². The Morgan fingerprint density at radius 1 is 1.04 bits per heavy atom. The second kappa shape index (κ2) is 9.40. The molecule has 2 amide bonds. The molecule has 1 heterocycles. The van der Waals surface area contributed by atoms with Crippen LogP contribution in [0.4, 0.5) is 5.69 Å². The summed E-state index contributed by atoms with van der Waals surface area (Å²) in [5.41, 5.74) is 2.63. The van der Waals surface area contributed by atoms with Gasteiger partial charge in [-0.15, -0.1) is 0 Å². The Kier molecular flexibility index (Phi) is 6.69. The van der Waals surface area contributed by atoms with Crippen LogP contribution in [0.25, 0.3) is 0 Å². The van der Waals surface area contributed by atoms with Crippen molar-refractivity contribution in [2.24, 2.45) is 5.92 Å². The first-order valence-electron chi connectivity index (χ1n) is 10.0. The number of amides is 2. The smallest absolute Gasteiger partial charge is 0.253 e. The molecule has 0 saturated carbocycles. The highest BCUT2D eigenvalue weighted by molar-refractivity contribution is 5.96. The lowest BCUT2D eigenvalue weighted by Gasteiger charge is -2.31. The highest BCUT2D eigenvalue weighted by Crippen LogP contribution is 2.26. The normalized spacial score (nSPS) is 14.6. The van der Waals surface area contributed by atoms with Gasteiger partial charge in [0, 0.05) is 24.6 Å². The lowest BCUT2D eigenvalue weighted by atomic mass is 9.95. The van der Waals surface area contributed by atoms with Crippen molar-refractivity contribution in [3.63, 3.8) is 0 Å². The fourth-order valence-corrected chi connectivity index (χ4v) is 3.50. The SMILES string of the molecule is CCOc1ccccc1NC(=O)C1CCN(C(=O)c2ccc(CC)cc2)CC1. The molecular formula is C23H28N2O3. The monoisotopic (exact) mass is 380 g/mol. The van der Waals surface area contributed by atoms with Crippen molar-refractivity contribution in [2.75, 3.05) is 25.0 Å². The van der Waals surface area contributed by atoms with Gasteiger partial charge in [-0.25, -0.2) is 0 Å². The molecule has 0 atom stereocenters. The minimum Gasteiger partial charge on any atom is -0.492 e. The Balaban J connectivity index is 1.56. The topological polar surface area (TPSA) is 58.6 Å². The second-order valence-electron chi connectivity index (χ2n) is 7.04. The van der Waals surface area contributed by atoms with Crippen molar-refractivity contribution in [3.05, 3.63) is 59.7 Å². The molecule has 1 fully saturated rings. The van der Waals surface area contributed by atoms with Crippen LogP contribution in [0.1, 0.15) is 42.6 Å². The molecule has 0 spiro atoms. The number of rotatable bonds is 6. The van der Waals surface area contributed by atoms with Crippen LogP contribution >= 0.6 is 0 Å². The minimum absolute atomic E-state index is 0.00782. The first-order valence-corrected chi connectivity index (χ1v) is 10.0. The number of carbonyl (C=O) groups excluding carboxylic acids is 2. The van der Waals surface area contributed by atoms with Crippen molar-refractivity contribution < 1.29 is 14.3 Å². The van der Waals surface area contributed by atoms with E-state index in [2.05, 4.69) is 12.2 Å². The van der Waals surface area contributed by atoms with E-state index in [0.717, 1.165) is 6.42 Å². The van der Waals surface area contributed by atoms with Gasteiger partial charge in [0.15, 0.2) is 0 Å². The zero-order chi connectivity index (χ0) is 19.9. The summed E-state index contributed by atoms with van der Waals surface area (Å²) in [7, 11) is 0. The number of para-hydroxylation sites is 2. The van der Waals surface area contributed by atoms with Gasteiger partial charge in [-0.2, -0.15) is 0 Å². The van der Waals surface area contributed by atoms with Crippen LogP contribution in [-0.2, 0) is 11.2 Å². The number of benzene rings is 2. The van der Waals surface area contributed by atoms with Crippen molar-refractivity contribution in [1.29, 1.82) is 0 Å². The fourth-order valence-electron chi connectivity index (χ4n) is 3.50. The number of aryl methyl sites for hydroxylation is 1. The molecule has 0 unspecified atom stereocenters. The van der Waals surface area contributed by atoms with Crippen molar-refractivity contribution in [3.8, 4) is 5.75 Å². The van der Waals surface area contributed by atoms with Crippen LogP contribution in [-0.4, -0.2) is 36.4 Å². The zero-order valence-corrected chi connectivity index (χ0v) is 16.6. The maximum Gasteiger partial charge on any atom is 0.253 e. The fraction of sp³-hybridized carbons (Fsp3) is 0.391. The molecule has 5 heteroatoms. The number of hydrogen-bond donors (Lipinski definition) is 1. The highest BCUT2D eigenvalue weighted by Gasteiger charge is 2.28. The van der Waals surface area contributed by atoms with Gasteiger partial charge >= 0.3 is 0 Å². The average Bonchev–Trinajstić information content (AvgIpc) is 2.75. The highest BCUT2D eigenvalue weighted by atomic mass is 16.5. The summed E-state index contributed by atoms with van der Waals surface area (Å²) < 4.78 is 5.57. The number of nitrogens with one attached hydrogen (secondary N) is 1. The van der Waals surface area contributed by atoms with E-state index in [4.69, 9.17) is 4.74 Å². The number of anilines is 1. The molecule has 2 aromatic carbocycles. The van der Waals surface area contributed by atoms with Crippen molar-refractivity contribution in [1.82, 2.24) is 4.90 Å². The molecule has 1 saturated heterocycles. The lowest BCUT2D eigenvalue weighted by molar-refractivity contribution is -0.121. The number of ether oxygens (including phenoxy) is 1. The molecular weight excluding hydrogens is 352 g/mol. The molecule has 28 heavy (non-hydrogen) atoms. The van der Waals surface area contributed by atoms with Crippen molar-refractivity contribution >= 4 is 17.5 Å². The summed E-state index contributed by atoms with van der Waals surface area (Å²) in [5, 5.41) is 2.99. The number of carbonyl (C=O) groups is 2. The number of hydrogen-bond acceptors (Lipinski definition) is 3.